The Kier molecular flexibility index (Phi) is 8.62. The quantitative estimate of drug-likeness (QED) is 0.491. The molecule has 0 aliphatic carbocycles. The lowest BCUT2D eigenvalue weighted by atomic mass is 10.1. The number of carbonyl (C=O) groups is 2. The molecule has 0 saturated heterocycles. The van der Waals surface area contributed by atoms with Crippen LogP contribution in [0.15, 0.2) is 47.4 Å². The average molecular weight is 464 g/mol. The van der Waals surface area contributed by atoms with Gasteiger partial charge < -0.3 is 9.47 Å². The highest BCUT2D eigenvalue weighted by Gasteiger charge is 2.20. The molecule has 0 saturated carbocycles. The van der Waals surface area contributed by atoms with Crippen LogP contribution in [0.2, 0.25) is 0 Å². The molecule has 10 heteroatoms. The molecule has 2 aromatic carbocycles. The van der Waals surface area contributed by atoms with E-state index in [1.807, 2.05) is 6.92 Å². The van der Waals surface area contributed by atoms with E-state index < -0.39 is 27.9 Å². The molecule has 0 bridgehead atoms. The minimum atomic E-state index is -3.76. The third-order valence-electron chi connectivity index (χ3n) is 4.27. The molecule has 0 fully saturated rings. The van der Waals surface area contributed by atoms with Crippen molar-refractivity contribution < 1.29 is 27.5 Å². The predicted molar refractivity (Wildman–Crippen MR) is 120 cm³/mol. The number of nitrogens with one attached hydrogen (secondary N) is 3. The van der Waals surface area contributed by atoms with Gasteiger partial charge in [0.05, 0.1) is 11.5 Å². The highest BCUT2D eigenvalue weighted by atomic mass is 32.2. The molecule has 0 spiro atoms. The smallest absolute Gasteiger partial charge is 0.279 e. The van der Waals surface area contributed by atoms with Gasteiger partial charge in [-0.1, -0.05) is 6.07 Å². The Labute approximate surface area is 188 Å². The number of aryl methyl sites for hydroxylation is 1. The third-order valence-corrected chi connectivity index (χ3v) is 5.93. The molecule has 1 atom stereocenters. The van der Waals surface area contributed by atoms with Crippen molar-refractivity contribution in [2.45, 2.75) is 51.7 Å². The SMILES string of the molecule is CCOc1ccc(OC(C)C(=O)NNC(=O)c2cc(S(=O)(=O)NC(C)C)ccc2C)cc1. The number of hydrogen-bond acceptors (Lipinski definition) is 6. The maximum atomic E-state index is 12.6. The van der Waals surface area contributed by atoms with Crippen LogP contribution in [0.3, 0.4) is 0 Å². The number of rotatable bonds is 9. The summed E-state index contributed by atoms with van der Waals surface area (Å²) in [5.74, 6) is -0.0675. The average Bonchev–Trinajstić information content (AvgIpc) is 2.72. The number of hydrogen-bond donors (Lipinski definition) is 3. The number of hydrazine groups is 1. The summed E-state index contributed by atoms with van der Waals surface area (Å²) in [5, 5.41) is 0. The van der Waals surface area contributed by atoms with Crippen LogP contribution in [0.25, 0.3) is 0 Å². The first-order valence-corrected chi connectivity index (χ1v) is 11.6. The lowest BCUT2D eigenvalue weighted by molar-refractivity contribution is -0.128. The zero-order valence-corrected chi connectivity index (χ0v) is 19.6. The van der Waals surface area contributed by atoms with Crippen molar-refractivity contribution >= 4 is 21.8 Å². The van der Waals surface area contributed by atoms with E-state index in [0.29, 0.717) is 23.7 Å². The molecule has 1 unspecified atom stereocenters. The lowest BCUT2D eigenvalue weighted by Gasteiger charge is -2.16. The number of sulfonamides is 1. The van der Waals surface area contributed by atoms with E-state index in [1.165, 1.54) is 25.1 Å². The van der Waals surface area contributed by atoms with Crippen molar-refractivity contribution in [3.05, 3.63) is 53.6 Å². The van der Waals surface area contributed by atoms with Crippen molar-refractivity contribution in [2.75, 3.05) is 6.61 Å². The van der Waals surface area contributed by atoms with Crippen LogP contribution in [0.5, 0.6) is 11.5 Å². The highest BCUT2D eigenvalue weighted by Crippen LogP contribution is 2.19. The van der Waals surface area contributed by atoms with Crippen molar-refractivity contribution in [1.82, 2.24) is 15.6 Å². The molecule has 174 valence electrons. The fraction of sp³-hybridized carbons (Fsp3) is 0.364. The van der Waals surface area contributed by atoms with Crippen molar-refractivity contribution in [1.29, 1.82) is 0 Å². The van der Waals surface area contributed by atoms with Gasteiger partial charge in [-0.3, -0.25) is 20.4 Å². The van der Waals surface area contributed by atoms with Gasteiger partial charge >= 0.3 is 0 Å². The van der Waals surface area contributed by atoms with Gasteiger partial charge in [-0.2, -0.15) is 0 Å². The van der Waals surface area contributed by atoms with E-state index in [4.69, 9.17) is 9.47 Å². The van der Waals surface area contributed by atoms with Crippen LogP contribution >= 0.6 is 0 Å². The fourth-order valence-electron chi connectivity index (χ4n) is 2.72. The topological polar surface area (TPSA) is 123 Å². The maximum absolute atomic E-state index is 12.6. The first-order valence-electron chi connectivity index (χ1n) is 10.2. The van der Waals surface area contributed by atoms with Gasteiger partial charge in [-0.15, -0.1) is 0 Å². The Morgan fingerprint density at radius 2 is 1.59 bits per heavy atom. The summed E-state index contributed by atoms with van der Waals surface area (Å²) in [7, 11) is -3.76. The first-order chi connectivity index (χ1) is 15.0. The summed E-state index contributed by atoms with van der Waals surface area (Å²) >= 11 is 0. The van der Waals surface area contributed by atoms with Gasteiger partial charge in [0.15, 0.2) is 6.10 Å². The Bertz CT molecular complexity index is 1050. The Hall–Kier alpha value is -3.11. The molecule has 0 aromatic heterocycles. The number of amides is 2. The molecule has 0 heterocycles. The summed E-state index contributed by atoms with van der Waals surface area (Å²) < 4.78 is 38.1. The molecule has 2 amide bonds. The molecule has 32 heavy (non-hydrogen) atoms. The summed E-state index contributed by atoms with van der Waals surface area (Å²) in [5.41, 5.74) is 5.27. The van der Waals surface area contributed by atoms with Crippen LogP contribution in [-0.2, 0) is 14.8 Å². The first kappa shape index (κ1) is 25.2. The van der Waals surface area contributed by atoms with Gasteiger partial charge in [0.25, 0.3) is 11.8 Å². The van der Waals surface area contributed by atoms with Gasteiger partial charge in [-0.05, 0) is 76.6 Å². The van der Waals surface area contributed by atoms with E-state index in [-0.39, 0.29) is 16.5 Å². The maximum Gasteiger partial charge on any atom is 0.279 e. The van der Waals surface area contributed by atoms with Gasteiger partial charge in [0.2, 0.25) is 10.0 Å². The highest BCUT2D eigenvalue weighted by molar-refractivity contribution is 7.89. The molecule has 0 aliphatic heterocycles. The van der Waals surface area contributed by atoms with Crippen molar-refractivity contribution in [2.24, 2.45) is 0 Å². The van der Waals surface area contributed by atoms with Crippen LogP contribution in [-0.4, -0.2) is 39.0 Å². The molecule has 0 aliphatic rings. The molecule has 3 N–H and O–H groups in total. The van der Waals surface area contributed by atoms with E-state index in [2.05, 4.69) is 15.6 Å². The second-order valence-electron chi connectivity index (χ2n) is 7.36. The Morgan fingerprint density at radius 1 is 0.969 bits per heavy atom. The molecular formula is C22H29N3O6S. The van der Waals surface area contributed by atoms with E-state index >= 15 is 0 Å². The van der Waals surface area contributed by atoms with Crippen LogP contribution in [0.1, 0.15) is 43.6 Å². The van der Waals surface area contributed by atoms with Crippen LogP contribution in [0.4, 0.5) is 0 Å². The Morgan fingerprint density at radius 3 is 2.19 bits per heavy atom. The van der Waals surface area contributed by atoms with E-state index in [9.17, 15) is 18.0 Å². The van der Waals surface area contributed by atoms with E-state index in [0.717, 1.165) is 0 Å². The lowest BCUT2D eigenvalue weighted by Crippen LogP contribution is -2.47. The van der Waals surface area contributed by atoms with Gasteiger partial charge in [0, 0.05) is 11.6 Å². The second-order valence-corrected chi connectivity index (χ2v) is 9.07. The molecule has 2 rings (SSSR count). The summed E-state index contributed by atoms with van der Waals surface area (Å²) in [6.45, 7) is 9.02. The van der Waals surface area contributed by atoms with E-state index in [1.54, 1.807) is 45.0 Å². The zero-order chi connectivity index (χ0) is 23.9. The Balaban J connectivity index is 2.00. The molecular weight excluding hydrogens is 434 g/mol. The van der Waals surface area contributed by atoms with Crippen LogP contribution in [0, 0.1) is 6.92 Å². The monoisotopic (exact) mass is 463 g/mol. The fourth-order valence-corrected chi connectivity index (χ4v) is 3.99. The molecule has 0 radical (unpaired) electrons. The van der Waals surface area contributed by atoms with Crippen LogP contribution < -0.4 is 25.0 Å². The molecule has 2 aromatic rings. The van der Waals surface area contributed by atoms with Crippen molar-refractivity contribution in [3.8, 4) is 11.5 Å². The molecule has 9 nitrogen and oxygen atoms in total. The number of ether oxygens (including phenoxy) is 2. The second kappa shape index (κ2) is 11.0. The predicted octanol–water partition coefficient (Wildman–Crippen LogP) is 2.31. The van der Waals surface area contributed by atoms with Crippen molar-refractivity contribution in [3.63, 3.8) is 0 Å². The minimum Gasteiger partial charge on any atom is -0.494 e. The third kappa shape index (κ3) is 6.96. The largest absolute Gasteiger partial charge is 0.494 e. The summed E-state index contributed by atoms with van der Waals surface area (Å²) in [6.07, 6.45) is -0.892. The summed E-state index contributed by atoms with van der Waals surface area (Å²) in [4.78, 5) is 24.8. The zero-order valence-electron chi connectivity index (χ0n) is 18.8. The number of benzene rings is 2. The standard InChI is InChI=1S/C22H29N3O6S/c1-6-30-17-8-10-18(11-9-17)31-16(5)21(26)23-24-22(27)20-13-19(12-7-15(20)4)32(28,29)25-14(2)3/h7-14,16,25H,6H2,1-5H3,(H,23,26)(H,24,27). The van der Waals surface area contributed by atoms with Gasteiger partial charge in [-0.25, -0.2) is 13.1 Å². The number of carbonyl (C=O) groups excluding carboxylic acids is 2. The normalized spacial score (nSPS) is 12.2. The van der Waals surface area contributed by atoms with Gasteiger partial charge in [0.1, 0.15) is 11.5 Å². The minimum absolute atomic E-state index is 0.0412. The summed E-state index contributed by atoms with van der Waals surface area (Å²) in [6, 6.07) is 10.7.